The summed E-state index contributed by atoms with van der Waals surface area (Å²) in [5.41, 5.74) is 26.7. The predicted octanol–water partition coefficient (Wildman–Crippen LogP) is 17.7. The van der Waals surface area contributed by atoms with E-state index in [1.807, 2.05) is 0 Å². The maximum Gasteiger partial charge on any atom is 0.0725 e. The van der Waals surface area contributed by atoms with Crippen LogP contribution in [0.4, 0.5) is 17.1 Å². The van der Waals surface area contributed by atoms with Crippen LogP contribution in [0.2, 0.25) is 0 Å². The fraction of sp³-hybridized carbons (Fsp3) is 0.182. The minimum absolute atomic E-state index is 0.00382. The first-order valence-corrected chi connectivity index (χ1v) is 24.1. The summed E-state index contributed by atoms with van der Waals surface area (Å²) in [6.07, 6.45) is 0. The molecule has 0 aromatic heterocycles. The fourth-order valence-electron chi connectivity index (χ4n) is 11.8. The summed E-state index contributed by atoms with van der Waals surface area (Å²) in [5, 5.41) is 0. The van der Waals surface area contributed by atoms with Crippen LogP contribution in [0.1, 0.15) is 99.9 Å². The first-order valence-electron chi connectivity index (χ1n) is 24.1. The molecular weight excluding hydrogens is 807 g/mol. The predicted molar refractivity (Wildman–Crippen MR) is 283 cm³/mol. The summed E-state index contributed by atoms with van der Waals surface area (Å²) in [4.78, 5) is 2.44. The van der Waals surface area contributed by atoms with Gasteiger partial charge in [0.25, 0.3) is 0 Å². The summed E-state index contributed by atoms with van der Waals surface area (Å²) in [6, 6.07) is 76.1. The number of hydrogen-bond donors (Lipinski definition) is 0. The van der Waals surface area contributed by atoms with Crippen molar-refractivity contribution in [1.29, 1.82) is 0 Å². The average molecular weight is 864 g/mol. The Morgan fingerprint density at radius 3 is 1.37 bits per heavy atom. The molecule has 0 saturated carbocycles. The van der Waals surface area contributed by atoms with E-state index in [-0.39, 0.29) is 16.2 Å². The van der Waals surface area contributed by atoms with E-state index in [2.05, 4.69) is 260 Å². The van der Waals surface area contributed by atoms with Crippen LogP contribution in [0.15, 0.2) is 200 Å². The molecule has 0 saturated heterocycles. The normalized spacial score (nSPS) is 14.5. The van der Waals surface area contributed by atoms with Gasteiger partial charge in [-0.15, -0.1) is 0 Å². The SMILES string of the molecule is CC(C)(C)c1ccc2c(c1)C1(c3ccccc3-c3ccc(-c4ccc(N(c5cccc(-c6ccccc6)c5)c5ccc6c(c5)C(C)(C)c5ccccc5-6)cc4)cc31)c1cc(C(C)(C)C)ccc1-2. The van der Waals surface area contributed by atoms with Crippen molar-refractivity contribution in [2.45, 2.75) is 77.0 Å². The van der Waals surface area contributed by atoms with E-state index in [1.54, 1.807) is 0 Å². The molecule has 0 radical (unpaired) electrons. The van der Waals surface area contributed by atoms with Crippen molar-refractivity contribution in [3.63, 3.8) is 0 Å². The molecule has 9 aromatic carbocycles. The Morgan fingerprint density at radius 1 is 0.299 bits per heavy atom. The van der Waals surface area contributed by atoms with Crippen LogP contribution in [0.3, 0.4) is 0 Å². The van der Waals surface area contributed by atoms with Gasteiger partial charge in [0.1, 0.15) is 0 Å². The van der Waals surface area contributed by atoms with Crippen LogP contribution in [-0.2, 0) is 21.7 Å². The fourth-order valence-corrected chi connectivity index (χ4v) is 11.8. The highest BCUT2D eigenvalue weighted by molar-refractivity contribution is 5.96. The number of benzene rings is 9. The van der Waals surface area contributed by atoms with Gasteiger partial charge in [0, 0.05) is 22.5 Å². The Kier molecular flexibility index (Phi) is 9.01. The Bertz CT molecular complexity index is 3380. The molecular formula is C66H57N. The summed E-state index contributed by atoms with van der Waals surface area (Å²) in [6.45, 7) is 18.8. The van der Waals surface area contributed by atoms with Crippen molar-refractivity contribution < 1.29 is 0 Å². The van der Waals surface area contributed by atoms with Gasteiger partial charge in [0.15, 0.2) is 0 Å². The van der Waals surface area contributed by atoms with Gasteiger partial charge in [-0.05, 0) is 153 Å². The third kappa shape index (κ3) is 6.20. The van der Waals surface area contributed by atoms with Gasteiger partial charge in [-0.2, -0.15) is 0 Å². The second-order valence-corrected chi connectivity index (χ2v) is 21.8. The monoisotopic (exact) mass is 863 g/mol. The van der Waals surface area contributed by atoms with Gasteiger partial charge in [0.05, 0.1) is 5.41 Å². The van der Waals surface area contributed by atoms with Gasteiger partial charge in [0.2, 0.25) is 0 Å². The quantitative estimate of drug-likeness (QED) is 0.167. The second kappa shape index (κ2) is 14.6. The molecule has 326 valence electrons. The molecule has 67 heavy (non-hydrogen) atoms. The molecule has 0 bridgehead atoms. The lowest BCUT2D eigenvalue weighted by molar-refractivity contribution is 0.586. The summed E-state index contributed by atoms with van der Waals surface area (Å²) >= 11 is 0. The summed E-state index contributed by atoms with van der Waals surface area (Å²) in [7, 11) is 0. The lowest BCUT2D eigenvalue weighted by Gasteiger charge is -2.33. The molecule has 3 aliphatic rings. The van der Waals surface area contributed by atoms with Crippen molar-refractivity contribution in [3.8, 4) is 55.6 Å². The van der Waals surface area contributed by atoms with Crippen molar-refractivity contribution in [2.24, 2.45) is 0 Å². The standard InChI is InChI=1S/C66H57N/c1-63(2,3)46-28-34-55-56-35-29-47(64(4,5)6)40-62(56)66(61(55)39-46)58-24-15-13-22-52(58)54-33-27-45(38-60(54)66)43-25-30-48(31-26-43)67(49-20-16-19-44(37-49)42-17-10-9-11-18-42)50-32-36-53-51-21-12-14-23-57(51)65(7,8)59(53)41-50/h9-41H,1-8H3. The van der Waals surface area contributed by atoms with E-state index in [0.29, 0.717) is 0 Å². The highest BCUT2D eigenvalue weighted by atomic mass is 15.1. The minimum Gasteiger partial charge on any atom is -0.310 e. The van der Waals surface area contributed by atoms with Gasteiger partial charge in [-0.3, -0.25) is 0 Å². The van der Waals surface area contributed by atoms with E-state index < -0.39 is 5.41 Å². The lowest BCUT2D eigenvalue weighted by atomic mass is 9.68. The van der Waals surface area contributed by atoms with E-state index in [0.717, 1.165) is 17.1 Å². The minimum atomic E-state index is -0.448. The number of hydrogen-bond acceptors (Lipinski definition) is 1. The maximum absolute atomic E-state index is 2.54. The third-order valence-corrected chi connectivity index (χ3v) is 15.4. The molecule has 0 fully saturated rings. The number of nitrogens with zero attached hydrogens (tertiary/aromatic N) is 1. The Hall–Kier alpha value is -7.22. The summed E-state index contributed by atoms with van der Waals surface area (Å²) in [5.74, 6) is 0. The van der Waals surface area contributed by atoms with E-state index in [4.69, 9.17) is 0 Å². The molecule has 1 heteroatoms. The summed E-state index contributed by atoms with van der Waals surface area (Å²) < 4.78 is 0. The molecule has 0 atom stereocenters. The number of fused-ring (bicyclic) bond motifs is 13. The molecule has 0 N–H and O–H groups in total. The zero-order valence-corrected chi connectivity index (χ0v) is 40.0. The van der Waals surface area contributed by atoms with Crippen molar-refractivity contribution in [3.05, 3.63) is 245 Å². The second-order valence-electron chi connectivity index (χ2n) is 21.8. The van der Waals surface area contributed by atoms with Crippen LogP contribution < -0.4 is 4.90 Å². The smallest absolute Gasteiger partial charge is 0.0725 e. The Labute approximate surface area is 397 Å². The van der Waals surface area contributed by atoms with Crippen LogP contribution in [0.5, 0.6) is 0 Å². The topological polar surface area (TPSA) is 3.24 Å². The van der Waals surface area contributed by atoms with E-state index in [1.165, 1.54) is 100 Å². The van der Waals surface area contributed by atoms with Gasteiger partial charge >= 0.3 is 0 Å². The molecule has 3 aliphatic carbocycles. The molecule has 9 aromatic rings. The average Bonchev–Trinajstić information content (AvgIpc) is 3.89. The zero-order valence-electron chi connectivity index (χ0n) is 40.0. The highest BCUT2D eigenvalue weighted by Crippen LogP contribution is 2.64. The molecule has 1 spiro atoms. The van der Waals surface area contributed by atoms with E-state index >= 15 is 0 Å². The first kappa shape index (κ1) is 41.2. The van der Waals surface area contributed by atoms with Crippen LogP contribution in [0, 0.1) is 0 Å². The van der Waals surface area contributed by atoms with Gasteiger partial charge in [-0.25, -0.2) is 0 Å². The molecule has 1 nitrogen and oxygen atoms in total. The zero-order chi connectivity index (χ0) is 46.0. The van der Waals surface area contributed by atoms with Gasteiger partial charge < -0.3 is 4.90 Å². The molecule has 0 unspecified atom stereocenters. The van der Waals surface area contributed by atoms with Crippen molar-refractivity contribution >= 4 is 17.1 Å². The molecule has 0 amide bonds. The number of rotatable bonds is 5. The molecule has 0 aliphatic heterocycles. The van der Waals surface area contributed by atoms with E-state index in [9.17, 15) is 0 Å². The van der Waals surface area contributed by atoms with Crippen LogP contribution in [-0.4, -0.2) is 0 Å². The Morgan fingerprint density at radius 2 is 0.731 bits per heavy atom. The number of anilines is 3. The molecule has 0 heterocycles. The third-order valence-electron chi connectivity index (χ3n) is 15.4. The van der Waals surface area contributed by atoms with Gasteiger partial charge in [-0.1, -0.05) is 213 Å². The highest BCUT2D eigenvalue weighted by Gasteiger charge is 2.52. The molecule has 12 rings (SSSR count). The van der Waals surface area contributed by atoms with Crippen LogP contribution in [0.25, 0.3) is 55.6 Å². The largest absolute Gasteiger partial charge is 0.310 e. The lowest BCUT2D eigenvalue weighted by Crippen LogP contribution is -2.27. The van der Waals surface area contributed by atoms with Crippen molar-refractivity contribution in [2.75, 3.05) is 4.90 Å². The Balaban J connectivity index is 1.02. The first-order chi connectivity index (χ1) is 32.2. The van der Waals surface area contributed by atoms with Crippen LogP contribution >= 0.6 is 0 Å². The van der Waals surface area contributed by atoms with Crippen molar-refractivity contribution in [1.82, 2.24) is 0 Å². The maximum atomic E-state index is 2.54.